The molecule has 2 aliphatic heterocycles. The molecule has 0 saturated carbocycles. The van der Waals surface area contributed by atoms with Gasteiger partial charge in [-0.25, -0.2) is 13.6 Å². The second-order valence-corrected chi connectivity index (χ2v) is 11.8. The van der Waals surface area contributed by atoms with Crippen molar-refractivity contribution >= 4 is 6.09 Å². The Morgan fingerprint density at radius 3 is 1.67 bits per heavy atom. The highest BCUT2D eigenvalue weighted by Crippen LogP contribution is 2.20. The van der Waals surface area contributed by atoms with E-state index in [2.05, 4.69) is 12.1 Å². The monoisotopic (exact) mass is 592 g/mol. The Morgan fingerprint density at radius 2 is 1.19 bits per heavy atom. The van der Waals surface area contributed by atoms with Crippen LogP contribution in [0.25, 0.3) is 0 Å². The molecule has 0 bridgehead atoms. The third-order valence-corrected chi connectivity index (χ3v) is 6.78. The normalized spacial score (nSPS) is 23.1. The van der Waals surface area contributed by atoms with Gasteiger partial charge in [0.2, 0.25) is 0 Å². The van der Waals surface area contributed by atoms with Gasteiger partial charge in [-0.15, -0.1) is 0 Å². The Balaban J connectivity index is 0.000000416. The fraction of sp³-hybridized carbons (Fsp3) is 0.618. The van der Waals surface area contributed by atoms with Crippen molar-refractivity contribution in [3.05, 3.63) is 71.8 Å². The average Bonchev–Trinajstić information content (AvgIpc) is 3.21. The summed E-state index contributed by atoms with van der Waals surface area (Å²) in [7, 11) is 1.96. The molecule has 2 fully saturated rings. The van der Waals surface area contributed by atoms with Crippen LogP contribution in [0, 0.1) is 0 Å². The summed E-state index contributed by atoms with van der Waals surface area (Å²) in [6.45, 7) is 8.29. The Hall–Kier alpha value is -2.55. The number of carbonyl (C=O) groups is 1. The van der Waals surface area contributed by atoms with Gasteiger partial charge in [0.25, 0.3) is 0 Å². The molecular weight excluding hydrogens is 538 g/mol. The number of alkyl halides is 2. The molecule has 8 heteroatoms. The first-order valence-corrected chi connectivity index (χ1v) is 14.3. The van der Waals surface area contributed by atoms with Crippen LogP contribution in [-0.4, -0.2) is 79.3 Å². The first kappa shape index (κ1) is 37.5. The van der Waals surface area contributed by atoms with Crippen molar-refractivity contribution in [2.24, 2.45) is 0 Å². The number of benzene rings is 2. The Bertz CT molecular complexity index is 990. The zero-order chi connectivity index (χ0) is 29.0. The highest BCUT2D eigenvalue weighted by molar-refractivity contribution is 5.68. The second kappa shape index (κ2) is 18.9. The highest BCUT2D eigenvalue weighted by Gasteiger charge is 2.30. The van der Waals surface area contributed by atoms with Crippen LogP contribution in [0.1, 0.15) is 72.4 Å². The predicted octanol–water partition coefficient (Wildman–Crippen LogP) is 7.85. The first-order valence-electron chi connectivity index (χ1n) is 14.3. The molecule has 6 nitrogen and oxygen atoms in total. The number of ether oxygens (including phenoxy) is 3. The van der Waals surface area contributed by atoms with Crippen LogP contribution < -0.4 is 0 Å². The molecule has 0 aromatic heterocycles. The van der Waals surface area contributed by atoms with E-state index in [0.717, 1.165) is 18.5 Å². The van der Waals surface area contributed by atoms with E-state index in [1.807, 2.05) is 60.5 Å². The third kappa shape index (κ3) is 14.6. The van der Waals surface area contributed by atoms with E-state index in [-0.39, 0.29) is 33.6 Å². The highest BCUT2D eigenvalue weighted by atomic mass is 19.1. The number of likely N-dealkylation sites (N-methyl/N-ethyl adjacent to an activating group) is 1. The molecule has 0 aliphatic carbocycles. The number of hydrogen-bond donors (Lipinski definition) is 0. The molecule has 0 spiro atoms. The minimum atomic E-state index is -1.03. The van der Waals surface area contributed by atoms with Gasteiger partial charge in [0, 0.05) is 13.1 Å². The van der Waals surface area contributed by atoms with Crippen molar-refractivity contribution < 1.29 is 27.8 Å². The van der Waals surface area contributed by atoms with Gasteiger partial charge in [-0.3, -0.25) is 0 Å². The molecule has 2 aromatic carbocycles. The van der Waals surface area contributed by atoms with Crippen LogP contribution in [0.15, 0.2) is 60.7 Å². The number of hydrogen-bond acceptors (Lipinski definition) is 5. The van der Waals surface area contributed by atoms with Crippen LogP contribution in [-0.2, 0) is 27.4 Å². The number of halogens is 2. The number of nitrogens with zero attached hydrogens (tertiary/aromatic N) is 2. The molecule has 4 unspecified atom stereocenters. The molecule has 2 heterocycles. The summed E-state index contributed by atoms with van der Waals surface area (Å²) in [6.07, 6.45) is 0.201. The van der Waals surface area contributed by atoms with Crippen LogP contribution in [0.4, 0.5) is 13.6 Å². The Morgan fingerprint density at radius 1 is 0.738 bits per heavy atom. The average molecular weight is 593 g/mol. The van der Waals surface area contributed by atoms with Crippen molar-refractivity contribution in [3.8, 4) is 0 Å². The SMILES string of the molecule is C.C.CC(C)(C)OC(=O)N1CC(F)CCC(OCc2ccccc2)C1.CN1CC(F)CCC(OCc2ccccc2)C1. The van der Waals surface area contributed by atoms with Crippen LogP contribution in [0.2, 0.25) is 0 Å². The van der Waals surface area contributed by atoms with Gasteiger partial charge in [0.15, 0.2) is 0 Å². The van der Waals surface area contributed by atoms with Crippen LogP contribution in [0.5, 0.6) is 0 Å². The Labute approximate surface area is 253 Å². The number of carbonyl (C=O) groups excluding carboxylic acids is 1. The van der Waals surface area contributed by atoms with E-state index in [1.165, 1.54) is 10.5 Å². The number of amides is 1. The predicted molar refractivity (Wildman–Crippen MR) is 167 cm³/mol. The van der Waals surface area contributed by atoms with E-state index in [0.29, 0.717) is 45.6 Å². The van der Waals surface area contributed by atoms with Gasteiger partial charge < -0.3 is 24.0 Å². The molecule has 2 aromatic rings. The van der Waals surface area contributed by atoms with E-state index < -0.39 is 24.0 Å². The molecule has 4 atom stereocenters. The first-order chi connectivity index (χ1) is 19.1. The maximum absolute atomic E-state index is 13.9. The summed E-state index contributed by atoms with van der Waals surface area (Å²) in [5.74, 6) is 0. The van der Waals surface area contributed by atoms with E-state index in [1.54, 1.807) is 20.8 Å². The van der Waals surface area contributed by atoms with Crippen LogP contribution in [0.3, 0.4) is 0 Å². The van der Waals surface area contributed by atoms with Crippen LogP contribution >= 0.6 is 0 Å². The lowest BCUT2D eigenvalue weighted by Crippen LogP contribution is -2.42. The van der Waals surface area contributed by atoms with Gasteiger partial charge in [-0.05, 0) is 64.6 Å². The summed E-state index contributed by atoms with van der Waals surface area (Å²) in [6, 6.07) is 20.0. The molecular formula is C34H54F2N2O4. The van der Waals surface area contributed by atoms with Gasteiger partial charge in [-0.1, -0.05) is 75.5 Å². The topological polar surface area (TPSA) is 51.2 Å². The smallest absolute Gasteiger partial charge is 0.410 e. The maximum atomic E-state index is 13.9. The van der Waals surface area contributed by atoms with Gasteiger partial charge >= 0.3 is 6.09 Å². The van der Waals surface area contributed by atoms with Gasteiger partial charge in [-0.2, -0.15) is 0 Å². The van der Waals surface area contributed by atoms with E-state index in [4.69, 9.17) is 14.2 Å². The van der Waals surface area contributed by atoms with Crippen molar-refractivity contribution in [3.63, 3.8) is 0 Å². The molecule has 1 amide bonds. The van der Waals surface area contributed by atoms with E-state index >= 15 is 0 Å². The minimum Gasteiger partial charge on any atom is -0.444 e. The molecule has 0 radical (unpaired) electrons. The third-order valence-electron chi connectivity index (χ3n) is 6.78. The molecule has 2 aliphatic rings. The van der Waals surface area contributed by atoms with Crippen molar-refractivity contribution in [2.75, 3.05) is 33.2 Å². The maximum Gasteiger partial charge on any atom is 0.410 e. The lowest BCUT2D eigenvalue weighted by Gasteiger charge is -2.28. The summed E-state index contributed by atoms with van der Waals surface area (Å²) in [5.41, 5.74) is 1.66. The minimum absolute atomic E-state index is 0. The lowest BCUT2D eigenvalue weighted by molar-refractivity contribution is -0.00453. The fourth-order valence-corrected chi connectivity index (χ4v) is 4.74. The molecule has 4 rings (SSSR count). The fourth-order valence-electron chi connectivity index (χ4n) is 4.74. The molecule has 42 heavy (non-hydrogen) atoms. The molecule has 0 N–H and O–H groups in total. The van der Waals surface area contributed by atoms with E-state index in [9.17, 15) is 13.6 Å². The molecule has 2 saturated heterocycles. The van der Waals surface area contributed by atoms with Gasteiger partial charge in [0.05, 0.1) is 38.5 Å². The van der Waals surface area contributed by atoms with Crippen molar-refractivity contribution in [2.45, 2.75) is 105 Å². The number of rotatable bonds is 6. The lowest BCUT2D eigenvalue weighted by atomic mass is 10.1. The molecule has 238 valence electrons. The van der Waals surface area contributed by atoms with Gasteiger partial charge in [0.1, 0.15) is 17.9 Å². The standard InChI is InChI=1S/C18H26FNO3.C14H20FNO.2CH4/c1-18(2,3)23-17(21)20-11-15(19)9-10-16(12-20)22-13-14-7-5-4-6-8-14;1-16-9-13(15)7-8-14(10-16)17-11-12-5-3-2-4-6-12;;/h4-8,15-16H,9-13H2,1-3H3;2-6,13-14H,7-11H2,1H3;2*1H4. The Kier molecular flexibility index (Phi) is 16.8. The number of likely N-dealkylation sites (tertiary alicyclic amines) is 2. The largest absolute Gasteiger partial charge is 0.444 e. The summed E-state index contributed by atoms with van der Waals surface area (Å²) in [4.78, 5) is 15.7. The summed E-state index contributed by atoms with van der Waals surface area (Å²) < 4.78 is 44.4. The van der Waals surface area contributed by atoms with Crippen molar-refractivity contribution in [1.29, 1.82) is 0 Å². The summed E-state index contributed by atoms with van der Waals surface area (Å²) >= 11 is 0. The van der Waals surface area contributed by atoms with Crippen molar-refractivity contribution in [1.82, 2.24) is 9.80 Å². The quantitative estimate of drug-likeness (QED) is 0.342. The summed E-state index contributed by atoms with van der Waals surface area (Å²) in [5, 5.41) is 0. The second-order valence-electron chi connectivity index (χ2n) is 11.8. The zero-order valence-electron chi connectivity index (χ0n) is 24.4. The zero-order valence-corrected chi connectivity index (χ0v) is 24.4.